The lowest BCUT2D eigenvalue weighted by Gasteiger charge is -2.35. The molecule has 3 aliphatic rings. The summed E-state index contributed by atoms with van der Waals surface area (Å²) in [5, 5.41) is 0. The van der Waals surface area contributed by atoms with Gasteiger partial charge >= 0.3 is 5.97 Å². The third-order valence-electron chi connectivity index (χ3n) is 5.65. The van der Waals surface area contributed by atoms with Crippen LogP contribution in [0.3, 0.4) is 0 Å². The molecular formula is C16H22O2. The second-order valence-electron chi connectivity index (χ2n) is 6.57. The molecule has 3 rings (SSSR count). The zero-order valence-corrected chi connectivity index (χ0v) is 11.5. The predicted molar refractivity (Wildman–Crippen MR) is 70.8 cm³/mol. The molecule has 5 atom stereocenters. The number of ether oxygens (including phenoxy) is 1. The number of esters is 1. The van der Waals surface area contributed by atoms with Crippen LogP contribution in [0.1, 0.15) is 33.1 Å². The maximum absolute atomic E-state index is 11.7. The number of fused-ring (bicyclic) bond motifs is 3. The van der Waals surface area contributed by atoms with Gasteiger partial charge < -0.3 is 4.74 Å². The van der Waals surface area contributed by atoms with Gasteiger partial charge in [0, 0.05) is 5.57 Å². The fourth-order valence-corrected chi connectivity index (χ4v) is 4.37. The second-order valence-corrected chi connectivity index (χ2v) is 6.57. The van der Waals surface area contributed by atoms with E-state index >= 15 is 0 Å². The Hall–Kier alpha value is -1.05. The van der Waals surface area contributed by atoms with Crippen molar-refractivity contribution in [3.05, 3.63) is 23.8 Å². The van der Waals surface area contributed by atoms with Gasteiger partial charge in [0.15, 0.2) is 0 Å². The highest BCUT2D eigenvalue weighted by molar-refractivity contribution is 5.88. The number of carbonyl (C=O) groups excluding carboxylic acids is 1. The molecule has 2 heteroatoms. The van der Waals surface area contributed by atoms with Crippen molar-refractivity contribution < 1.29 is 9.53 Å². The van der Waals surface area contributed by atoms with Gasteiger partial charge in [0.05, 0.1) is 7.11 Å². The molecule has 18 heavy (non-hydrogen) atoms. The number of hydrogen-bond donors (Lipinski definition) is 0. The third kappa shape index (κ3) is 1.44. The molecular weight excluding hydrogens is 224 g/mol. The molecule has 0 amide bonds. The minimum Gasteiger partial charge on any atom is -0.466 e. The second kappa shape index (κ2) is 3.72. The highest BCUT2D eigenvalue weighted by atomic mass is 16.5. The quantitative estimate of drug-likeness (QED) is 0.424. The summed E-state index contributed by atoms with van der Waals surface area (Å²) in [7, 11) is 1.45. The smallest absolute Gasteiger partial charge is 0.333 e. The number of allylic oxidation sites excluding steroid dienone is 2. The Morgan fingerprint density at radius 2 is 2.28 bits per heavy atom. The first-order valence-corrected chi connectivity index (χ1v) is 6.96. The minimum absolute atomic E-state index is 0.215. The summed E-state index contributed by atoms with van der Waals surface area (Å²) in [6.45, 7) is 8.70. The predicted octanol–water partition coefficient (Wildman–Crippen LogP) is 3.34. The lowest BCUT2D eigenvalue weighted by molar-refractivity contribution is -0.137. The number of carbonyl (C=O) groups is 1. The van der Waals surface area contributed by atoms with Crippen molar-refractivity contribution in [2.75, 3.05) is 7.11 Å². The van der Waals surface area contributed by atoms with E-state index in [1.54, 1.807) is 5.57 Å². The Morgan fingerprint density at radius 3 is 2.94 bits per heavy atom. The summed E-state index contributed by atoms with van der Waals surface area (Å²) >= 11 is 0. The maximum atomic E-state index is 11.7. The summed E-state index contributed by atoms with van der Waals surface area (Å²) in [4.78, 5) is 11.7. The van der Waals surface area contributed by atoms with Gasteiger partial charge in [-0.05, 0) is 48.3 Å². The molecule has 0 N–H and O–H groups in total. The topological polar surface area (TPSA) is 26.3 Å². The molecule has 0 saturated heterocycles. The van der Waals surface area contributed by atoms with E-state index in [1.807, 2.05) is 0 Å². The fourth-order valence-electron chi connectivity index (χ4n) is 4.37. The van der Waals surface area contributed by atoms with Crippen LogP contribution < -0.4 is 0 Å². The molecule has 2 fully saturated rings. The molecule has 0 radical (unpaired) electrons. The first-order chi connectivity index (χ1) is 8.49. The van der Waals surface area contributed by atoms with E-state index in [-0.39, 0.29) is 5.97 Å². The number of rotatable bonds is 2. The molecule has 0 aromatic rings. The van der Waals surface area contributed by atoms with E-state index < -0.39 is 0 Å². The average molecular weight is 246 g/mol. The normalized spacial score (nSPS) is 44.7. The lowest BCUT2D eigenvalue weighted by atomic mass is 9.69. The van der Waals surface area contributed by atoms with E-state index in [0.29, 0.717) is 28.7 Å². The Balaban J connectivity index is 1.86. The van der Waals surface area contributed by atoms with Gasteiger partial charge in [0.1, 0.15) is 0 Å². The summed E-state index contributed by atoms with van der Waals surface area (Å²) in [6, 6.07) is 0. The van der Waals surface area contributed by atoms with Crippen LogP contribution in [0, 0.1) is 29.1 Å². The van der Waals surface area contributed by atoms with Crippen LogP contribution in [-0.2, 0) is 9.53 Å². The average Bonchev–Trinajstić information content (AvgIpc) is 2.92. The summed E-state index contributed by atoms with van der Waals surface area (Å²) in [5.74, 6) is 2.14. The van der Waals surface area contributed by atoms with E-state index in [2.05, 4.69) is 26.5 Å². The molecule has 98 valence electrons. The van der Waals surface area contributed by atoms with Crippen LogP contribution in [0.15, 0.2) is 23.8 Å². The Labute approximate surface area is 109 Å². The number of methoxy groups -OCH3 is 1. The largest absolute Gasteiger partial charge is 0.466 e. The molecule has 0 spiro atoms. The van der Waals surface area contributed by atoms with Gasteiger partial charge in [-0.25, -0.2) is 4.79 Å². The Kier molecular flexibility index (Phi) is 2.48. The van der Waals surface area contributed by atoms with E-state index in [0.717, 1.165) is 12.3 Å². The van der Waals surface area contributed by atoms with Crippen molar-refractivity contribution in [1.82, 2.24) is 0 Å². The van der Waals surface area contributed by atoms with E-state index in [4.69, 9.17) is 4.74 Å². The lowest BCUT2D eigenvalue weighted by Crippen LogP contribution is -2.29. The monoisotopic (exact) mass is 246 g/mol. The fraction of sp³-hybridized carbons (Fsp3) is 0.688. The van der Waals surface area contributed by atoms with Gasteiger partial charge in [0.25, 0.3) is 0 Å². The molecule has 2 nitrogen and oxygen atoms in total. The van der Waals surface area contributed by atoms with Gasteiger partial charge in [-0.3, -0.25) is 0 Å². The van der Waals surface area contributed by atoms with Crippen LogP contribution in [-0.4, -0.2) is 13.1 Å². The number of hydrogen-bond acceptors (Lipinski definition) is 2. The third-order valence-corrected chi connectivity index (χ3v) is 5.65. The van der Waals surface area contributed by atoms with Crippen LogP contribution in [0.5, 0.6) is 0 Å². The maximum Gasteiger partial charge on any atom is 0.333 e. The van der Waals surface area contributed by atoms with Crippen LogP contribution >= 0.6 is 0 Å². The van der Waals surface area contributed by atoms with E-state index in [9.17, 15) is 4.79 Å². The van der Waals surface area contributed by atoms with E-state index in [1.165, 1.54) is 20.0 Å². The summed E-state index contributed by atoms with van der Waals surface area (Å²) in [6.07, 6.45) is 6.00. The molecule has 5 unspecified atom stereocenters. The molecule has 0 aliphatic heterocycles. The highest BCUT2D eigenvalue weighted by Gasteiger charge is 2.62. The van der Waals surface area contributed by atoms with Gasteiger partial charge in [-0.1, -0.05) is 32.1 Å². The standard InChI is InChI=1S/C16H22O2/c1-9-5-6-13-11(9)7-12(10(2)15(17)18-4)14-8-16(13,14)3/h6,9,11-12,14H,2,5,7-8H2,1,3-4H3. The van der Waals surface area contributed by atoms with Crippen LogP contribution in [0.2, 0.25) is 0 Å². The molecule has 0 aromatic heterocycles. The summed E-state index contributed by atoms with van der Waals surface area (Å²) in [5.41, 5.74) is 2.73. The Morgan fingerprint density at radius 1 is 1.56 bits per heavy atom. The van der Waals surface area contributed by atoms with Crippen molar-refractivity contribution in [2.24, 2.45) is 29.1 Å². The van der Waals surface area contributed by atoms with Crippen molar-refractivity contribution in [3.63, 3.8) is 0 Å². The van der Waals surface area contributed by atoms with Crippen molar-refractivity contribution >= 4 is 5.97 Å². The molecule has 0 bridgehead atoms. The molecule has 0 aromatic carbocycles. The Bertz CT molecular complexity index is 448. The van der Waals surface area contributed by atoms with Crippen molar-refractivity contribution in [1.29, 1.82) is 0 Å². The SMILES string of the molecule is C=C(C(=O)OC)C1CC2C(=CCC2C)C2(C)CC12. The zero-order chi connectivity index (χ0) is 13.1. The van der Waals surface area contributed by atoms with Crippen LogP contribution in [0.4, 0.5) is 0 Å². The van der Waals surface area contributed by atoms with Crippen LogP contribution in [0.25, 0.3) is 0 Å². The molecule has 0 heterocycles. The first-order valence-electron chi connectivity index (χ1n) is 6.96. The zero-order valence-electron chi connectivity index (χ0n) is 11.5. The van der Waals surface area contributed by atoms with Gasteiger partial charge in [0.2, 0.25) is 0 Å². The summed E-state index contributed by atoms with van der Waals surface area (Å²) < 4.78 is 4.85. The molecule has 2 saturated carbocycles. The highest BCUT2D eigenvalue weighted by Crippen LogP contribution is 2.70. The van der Waals surface area contributed by atoms with Gasteiger partial charge in [-0.15, -0.1) is 0 Å². The molecule has 3 aliphatic carbocycles. The van der Waals surface area contributed by atoms with Gasteiger partial charge in [-0.2, -0.15) is 0 Å². The minimum atomic E-state index is -0.215. The van der Waals surface area contributed by atoms with Crippen molar-refractivity contribution in [3.8, 4) is 0 Å². The van der Waals surface area contributed by atoms with Crippen molar-refractivity contribution in [2.45, 2.75) is 33.1 Å². The first kappa shape index (κ1) is 12.0.